The lowest BCUT2D eigenvalue weighted by Crippen LogP contribution is -2.04. The summed E-state index contributed by atoms with van der Waals surface area (Å²) < 4.78 is 19.7. The van der Waals surface area contributed by atoms with Gasteiger partial charge in [-0.3, -0.25) is 0 Å². The second kappa shape index (κ2) is 5.72. The maximum absolute atomic E-state index is 14.0. The van der Waals surface area contributed by atoms with E-state index < -0.39 is 11.9 Å². The van der Waals surface area contributed by atoms with E-state index in [0.717, 1.165) is 10.0 Å². The molecule has 2 aromatic rings. The lowest BCUT2D eigenvalue weighted by Gasteiger charge is -2.16. The summed E-state index contributed by atoms with van der Waals surface area (Å²) in [7, 11) is 1.47. The van der Waals surface area contributed by atoms with Gasteiger partial charge in [-0.25, -0.2) is 4.39 Å². The molecule has 0 saturated carbocycles. The van der Waals surface area contributed by atoms with Gasteiger partial charge in [0.15, 0.2) is 0 Å². The van der Waals surface area contributed by atoms with E-state index in [-0.39, 0.29) is 5.56 Å². The third-order valence-corrected chi connectivity index (χ3v) is 4.10. The summed E-state index contributed by atoms with van der Waals surface area (Å²) >= 11 is 3.42. The number of ether oxygens (including phenoxy) is 1. The monoisotopic (exact) mass is 324 g/mol. The van der Waals surface area contributed by atoms with Crippen molar-refractivity contribution in [3.63, 3.8) is 0 Å². The molecule has 1 unspecified atom stereocenters. The second-order valence-electron chi connectivity index (χ2n) is 4.27. The van der Waals surface area contributed by atoms with Gasteiger partial charge in [0, 0.05) is 16.1 Å². The third kappa shape index (κ3) is 2.80. The maximum atomic E-state index is 14.0. The third-order valence-electron chi connectivity index (χ3n) is 3.02. The Labute approximate surface area is 120 Å². The number of rotatable bonds is 3. The highest BCUT2D eigenvalue weighted by atomic mass is 79.9. The van der Waals surface area contributed by atoms with Crippen LogP contribution in [-0.2, 0) is 0 Å². The summed E-state index contributed by atoms with van der Waals surface area (Å²) in [6, 6.07) is 9.96. The van der Waals surface area contributed by atoms with E-state index in [0.29, 0.717) is 11.3 Å². The molecule has 4 heteroatoms. The average molecular weight is 325 g/mol. The van der Waals surface area contributed by atoms with E-state index in [1.54, 1.807) is 12.1 Å². The first kappa shape index (κ1) is 14.0. The van der Waals surface area contributed by atoms with Crippen molar-refractivity contribution in [2.24, 2.45) is 0 Å². The minimum Gasteiger partial charge on any atom is -0.497 e. The van der Waals surface area contributed by atoms with Crippen LogP contribution in [0.3, 0.4) is 0 Å². The Morgan fingerprint density at radius 1 is 1.21 bits per heavy atom. The molecule has 0 bridgehead atoms. The van der Waals surface area contributed by atoms with Gasteiger partial charge in [0.1, 0.15) is 17.7 Å². The fourth-order valence-corrected chi connectivity index (χ4v) is 2.39. The zero-order valence-corrected chi connectivity index (χ0v) is 12.2. The molecule has 1 N–H and O–H groups in total. The molecule has 0 spiro atoms. The minimum atomic E-state index is -1.01. The SMILES string of the molecule is COc1ccc(C(O)c2cccc(C)c2Br)c(F)c1. The number of methoxy groups -OCH3 is 1. The van der Waals surface area contributed by atoms with Crippen LogP contribution in [0, 0.1) is 12.7 Å². The van der Waals surface area contributed by atoms with Crippen LogP contribution in [0.15, 0.2) is 40.9 Å². The molecule has 1 atom stereocenters. The highest BCUT2D eigenvalue weighted by molar-refractivity contribution is 9.10. The van der Waals surface area contributed by atoms with Crippen LogP contribution in [0.5, 0.6) is 5.75 Å². The predicted octanol–water partition coefficient (Wildman–Crippen LogP) is 3.99. The van der Waals surface area contributed by atoms with E-state index in [9.17, 15) is 9.50 Å². The van der Waals surface area contributed by atoms with Crippen molar-refractivity contribution in [2.45, 2.75) is 13.0 Å². The summed E-state index contributed by atoms with van der Waals surface area (Å²) in [5, 5.41) is 10.3. The molecular weight excluding hydrogens is 311 g/mol. The van der Waals surface area contributed by atoms with Crippen LogP contribution in [0.4, 0.5) is 4.39 Å². The first-order valence-corrected chi connectivity index (χ1v) is 6.60. The molecule has 2 aromatic carbocycles. The van der Waals surface area contributed by atoms with Gasteiger partial charge in [-0.05, 0) is 30.2 Å². The molecule has 0 fully saturated rings. The van der Waals surface area contributed by atoms with Gasteiger partial charge >= 0.3 is 0 Å². The molecule has 100 valence electrons. The van der Waals surface area contributed by atoms with Crippen molar-refractivity contribution < 1.29 is 14.2 Å². The van der Waals surface area contributed by atoms with Crippen molar-refractivity contribution in [1.29, 1.82) is 0 Å². The quantitative estimate of drug-likeness (QED) is 0.925. The predicted molar refractivity (Wildman–Crippen MR) is 75.9 cm³/mol. The van der Waals surface area contributed by atoms with E-state index in [4.69, 9.17) is 4.74 Å². The molecule has 0 heterocycles. The molecule has 0 amide bonds. The summed E-state index contributed by atoms with van der Waals surface area (Å²) in [4.78, 5) is 0. The second-order valence-corrected chi connectivity index (χ2v) is 5.06. The maximum Gasteiger partial charge on any atom is 0.133 e. The Morgan fingerprint density at radius 3 is 2.58 bits per heavy atom. The molecule has 0 aliphatic heterocycles. The number of aryl methyl sites for hydroxylation is 1. The van der Waals surface area contributed by atoms with Crippen molar-refractivity contribution >= 4 is 15.9 Å². The molecule has 0 aromatic heterocycles. The van der Waals surface area contributed by atoms with Crippen LogP contribution in [-0.4, -0.2) is 12.2 Å². The number of halogens is 2. The smallest absolute Gasteiger partial charge is 0.133 e. The number of hydrogen-bond donors (Lipinski definition) is 1. The van der Waals surface area contributed by atoms with Crippen LogP contribution < -0.4 is 4.74 Å². The number of benzene rings is 2. The van der Waals surface area contributed by atoms with E-state index >= 15 is 0 Å². The minimum absolute atomic E-state index is 0.229. The molecule has 2 rings (SSSR count). The van der Waals surface area contributed by atoms with Crippen LogP contribution >= 0.6 is 15.9 Å². The molecule has 0 aliphatic rings. The van der Waals surface area contributed by atoms with Gasteiger partial charge in [0.25, 0.3) is 0 Å². The molecule has 0 saturated heterocycles. The van der Waals surface area contributed by atoms with Gasteiger partial charge in [-0.15, -0.1) is 0 Å². The fraction of sp³-hybridized carbons (Fsp3) is 0.200. The summed E-state index contributed by atoms with van der Waals surface area (Å²) in [6.45, 7) is 1.92. The Balaban J connectivity index is 2.44. The Kier molecular flexibility index (Phi) is 4.22. The summed E-state index contributed by atoms with van der Waals surface area (Å²) in [5.74, 6) is -0.0583. The van der Waals surface area contributed by atoms with E-state index in [1.165, 1.54) is 19.2 Å². The van der Waals surface area contributed by atoms with Gasteiger partial charge in [-0.1, -0.05) is 34.1 Å². The molecule has 19 heavy (non-hydrogen) atoms. The van der Waals surface area contributed by atoms with Gasteiger partial charge < -0.3 is 9.84 Å². The zero-order valence-electron chi connectivity index (χ0n) is 10.7. The van der Waals surface area contributed by atoms with Gasteiger partial charge in [-0.2, -0.15) is 0 Å². The largest absolute Gasteiger partial charge is 0.497 e. The average Bonchev–Trinajstić information content (AvgIpc) is 2.41. The van der Waals surface area contributed by atoms with Crippen molar-refractivity contribution in [3.8, 4) is 5.75 Å². The molecule has 0 aliphatic carbocycles. The van der Waals surface area contributed by atoms with E-state index in [1.807, 2.05) is 19.1 Å². The van der Waals surface area contributed by atoms with Crippen molar-refractivity contribution in [2.75, 3.05) is 7.11 Å². The highest BCUT2D eigenvalue weighted by Gasteiger charge is 2.18. The van der Waals surface area contributed by atoms with Crippen molar-refractivity contribution in [3.05, 3.63) is 63.4 Å². The zero-order chi connectivity index (χ0) is 14.0. The van der Waals surface area contributed by atoms with Gasteiger partial charge in [0.2, 0.25) is 0 Å². The van der Waals surface area contributed by atoms with Crippen LogP contribution in [0.2, 0.25) is 0 Å². The molecule has 2 nitrogen and oxygen atoms in total. The number of aliphatic hydroxyl groups excluding tert-OH is 1. The Bertz CT molecular complexity index is 599. The van der Waals surface area contributed by atoms with Crippen LogP contribution in [0.25, 0.3) is 0 Å². The van der Waals surface area contributed by atoms with Crippen molar-refractivity contribution in [1.82, 2.24) is 0 Å². The molecule has 0 radical (unpaired) electrons. The topological polar surface area (TPSA) is 29.5 Å². The molecular formula is C15H14BrFO2. The summed E-state index contributed by atoms with van der Waals surface area (Å²) in [5.41, 5.74) is 1.86. The van der Waals surface area contributed by atoms with Gasteiger partial charge in [0.05, 0.1) is 7.11 Å². The number of hydrogen-bond acceptors (Lipinski definition) is 2. The lowest BCUT2D eigenvalue weighted by molar-refractivity contribution is 0.214. The summed E-state index contributed by atoms with van der Waals surface area (Å²) in [6.07, 6.45) is -1.01. The first-order valence-electron chi connectivity index (χ1n) is 5.81. The Hall–Kier alpha value is -1.39. The number of aliphatic hydroxyl groups is 1. The Morgan fingerprint density at radius 2 is 1.95 bits per heavy atom. The highest BCUT2D eigenvalue weighted by Crippen LogP contribution is 2.32. The fourth-order valence-electron chi connectivity index (χ4n) is 1.91. The lowest BCUT2D eigenvalue weighted by atomic mass is 9.99. The first-order chi connectivity index (χ1) is 9.04. The normalized spacial score (nSPS) is 12.3. The van der Waals surface area contributed by atoms with E-state index in [2.05, 4.69) is 15.9 Å². The standard InChI is InChI=1S/C15H14BrFO2/c1-9-4-3-5-12(14(9)16)15(18)11-7-6-10(19-2)8-13(11)17/h3-8,15,18H,1-2H3. The van der Waals surface area contributed by atoms with Crippen LogP contribution in [0.1, 0.15) is 22.8 Å².